The van der Waals surface area contributed by atoms with Crippen LogP contribution in [0.3, 0.4) is 0 Å². The van der Waals surface area contributed by atoms with Gasteiger partial charge in [-0.3, -0.25) is 11.3 Å². The molecule has 1 aliphatic heterocycles. The van der Waals surface area contributed by atoms with Crippen LogP contribution in [-0.4, -0.2) is 11.3 Å². The van der Waals surface area contributed by atoms with Crippen molar-refractivity contribution in [1.82, 2.24) is 5.43 Å². The van der Waals surface area contributed by atoms with E-state index < -0.39 is 0 Å². The van der Waals surface area contributed by atoms with Crippen molar-refractivity contribution < 1.29 is 4.39 Å². The van der Waals surface area contributed by atoms with Gasteiger partial charge in [-0.1, -0.05) is 24.3 Å². The normalized spacial score (nSPS) is 18.5. The lowest BCUT2D eigenvalue weighted by molar-refractivity contribution is 0.504. The van der Waals surface area contributed by atoms with Gasteiger partial charge in [0.05, 0.1) is 0 Å². The lowest BCUT2D eigenvalue weighted by Crippen LogP contribution is -2.44. The average molecular weight is 302 g/mol. The zero-order valence-electron chi connectivity index (χ0n) is 12.0. The molecule has 2 aromatic carbocycles. The summed E-state index contributed by atoms with van der Waals surface area (Å²) in [5, 5.41) is 0.384. The Balaban J connectivity index is 1.76. The fourth-order valence-corrected chi connectivity index (χ4v) is 4.22. The van der Waals surface area contributed by atoms with Crippen molar-refractivity contribution in [2.24, 2.45) is 5.84 Å². The number of nitrogens with two attached hydrogens (primary N) is 1. The Hall–Kier alpha value is -1.36. The Bertz CT molecular complexity index is 619. The van der Waals surface area contributed by atoms with Gasteiger partial charge in [0.25, 0.3) is 0 Å². The molecule has 0 saturated carbocycles. The van der Waals surface area contributed by atoms with Crippen LogP contribution >= 0.6 is 11.8 Å². The van der Waals surface area contributed by atoms with Crippen molar-refractivity contribution in [3.05, 3.63) is 65.0 Å². The Morgan fingerprint density at radius 2 is 2.14 bits per heavy atom. The highest BCUT2D eigenvalue weighted by Crippen LogP contribution is 2.38. The van der Waals surface area contributed by atoms with Gasteiger partial charge >= 0.3 is 0 Å². The maximum atomic E-state index is 13.4. The second kappa shape index (κ2) is 6.18. The summed E-state index contributed by atoms with van der Waals surface area (Å²) in [5.41, 5.74) is 6.44. The maximum absolute atomic E-state index is 13.4. The number of benzene rings is 2. The fourth-order valence-electron chi connectivity index (χ4n) is 2.83. The van der Waals surface area contributed by atoms with E-state index in [1.165, 1.54) is 16.5 Å². The second-order valence-electron chi connectivity index (χ2n) is 5.52. The van der Waals surface area contributed by atoms with E-state index in [4.69, 9.17) is 5.84 Å². The minimum Gasteiger partial charge on any atom is -0.271 e. The minimum absolute atomic E-state index is 0.128. The number of hydrogen-bond acceptors (Lipinski definition) is 3. The SMILES string of the molecule is Cc1ccc(F)cc1CC(NN)C1Cc2ccccc2S1. The van der Waals surface area contributed by atoms with E-state index in [0.717, 1.165) is 24.0 Å². The molecule has 2 aromatic rings. The summed E-state index contributed by atoms with van der Waals surface area (Å²) in [7, 11) is 0. The number of thioether (sulfide) groups is 1. The van der Waals surface area contributed by atoms with Gasteiger partial charge in [0, 0.05) is 16.2 Å². The highest BCUT2D eigenvalue weighted by Gasteiger charge is 2.29. The lowest BCUT2D eigenvalue weighted by Gasteiger charge is -2.23. The third-order valence-corrected chi connectivity index (χ3v) is 5.54. The van der Waals surface area contributed by atoms with E-state index in [0.29, 0.717) is 5.25 Å². The van der Waals surface area contributed by atoms with Crippen LogP contribution in [0, 0.1) is 12.7 Å². The van der Waals surface area contributed by atoms with E-state index in [1.807, 2.05) is 24.8 Å². The van der Waals surface area contributed by atoms with Crippen LogP contribution < -0.4 is 11.3 Å². The van der Waals surface area contributed by atoms with Gasteiger partial charge < -0.3 is 0 Å². The zero-order valence-corrected chi connectivity index (χ0v) is 12.8. The molecular formula is C17H19FN2S. The molecular weight excluding hydrogens is 283 g/mol. The first-order chi connectivity index (χ1) is 10.2. The molecule has 0 aliphatic carbocycles. The molecule has 2 atom stereocenters. The summed E-state index contributed by atoms with van der Waals surface area (Å²) in [5.74, 6) is 5.58. The third-order valence-electron chi connectivity index (χ3n) is 4.09. The summed E-state index contributed by atoms with van der Waals surface area (Å²) < 4.78 is 13.4. The van der Waals surface area contributed by atoms with Crippen molar-refractivity contribution in [3.63, 3.8) is 0 Å². The number of hydrazine groups is 1. The molecule has 21 heavy (non-hydrogen) atoms. The first kappa shape index (κ1) is 14.6. The average Bonchev–Trinajstić information content (AvgIpc) is 2.91. The monoisotopic (exact) mass is 302 g/mol. The molecule has 0 aromatic heterocycles. The number of fused-ring (bicyclic) bond motifs is 1. The summed E-state index contributed by atoms with van der Waals surface area (Å²) >= 11 is 1.86. The van der Waals surface area contributed by atoms with Gasteiger partial charge in [0.2, 0.25) is 0 Å². The molecule has 110 valence electrons. The van der Waals surface area contributed by atoms with E-state index in [1.54, 1.807) is 6.07 Å². The first-order valence-corrected chi connectivity index (χ1v) is 8.01. The molecule has 0 amide bonds. The molecule has 0 radical (unpaired) electrons. The second-order valence-corrected chi connectivity index (χ2v) is 6.80. The molecule has 2 unspecified atom stereocenters. The summed E-state index contributed by atoms with van der Waals surface area (Å²) in [4.78, 5) is 1.33. The third kappa shape index (κ3) is 3.12. The molecule has 4 heteroatoms. The van der Waals surface area contributed by atoms with Gasteiger partial charge in [-0.05, 0) is 54.7 Å². The molecule has 2 nitrogen and oxygen atoms in total. The maximum Gasteiger partial charge on any atom is 0.123 e. The van der Waals surface area contributed by atoms with E-state index in [9.17, 15) is 4.39 Å². The van der Waals surface area contributed by atoms with E-state index in [-0.39, 0.29) is 11.9 Å². The highest BCUT2D eigenvalue weighted by molar-refractivity contribution is 8.00. The van der Waals surface area contributed by atoms with E-state index in [2.05, 4.69) is 29.7 Å². The van der Waals surface area contributed by atoms with Crippen LogP contribution in [0.4, 0.5) is 4.39 Å². The van der Waals surface area contributed by atoms with Crippen LogP contribution in [-0.2, 0) is 12.8 Å². The largest absolute Gasteiger partial charge is 0.271 e. The van der Waals surface area contributed by atoms with Crippen molar-refractivity contribution in [2.45, 2.75) is 36.0 Å². The predicted octanol–water partition coefficient (Wildman–Crippen LogP) is 3.23. The van der Waals surface area contributed by atoms with Crippen LogP contribution in [0.2, 0.25) is 0 Å². The zero-order chi connectivity index (χ0) is 14.8. The minimum atomic E-state index is -0.186. The van der Waals surface area contributed by atoms with E-state index >= 15 is 0 Å². The van der Waals surface area contributed by atoms with Gasteiger partial charge in [0.15, 0.2) is 0 Å². The van der Waals surface area contributed by atoms with Gasteiger partial charge in [-0.15, -0.1) is 11.8 Å². The molecule has 1 heterocycles. The van der Waals surface area contributed by atoms with Crippen LogP contribution in [0.25, 0.3) is 0 Å². The Morgan fingerprint density at radius 1 is 1.33 bits per heavy atom. The molecule has 3 N–H and O–H groups in total. The smallest absolute Gasteiger partial charge is 0.123 e. The Morgan fingerprint density at radius 3 is 2.90 bits per heavy atom. The van der Waals surface area contributed by atoms with Crippen molar-refractivity contribution in [2.75, 3.05) is 0 Å². The number of aryl methyl sites for hydroxylation is 1. The molecule has 0 bridgehead atoms. The Kier molecular flexibility index (Phi) is 4.29. The molecule has 3 rings (SSSR count). The molecule has 0 spiro atoms. The van der Waals surface area contributed by atoms with Gasteiger partial charge in [-0.2, -0.15) is 0 Å². The number of hydrogen-bond donors (Lipinski definition) is 2. The lowest BCUT2D eigenvalue weighted by atomic mass is 9.96. The van der Waals surface area contributed by atoms with Crippen LogP contribution in [0.1, 0.15) is 16.7 Å². The van der Waals surface area contributed by atoms with Crippen LogP contribution in [0.5, 0.6) is 0 Å². The summed E-state index contributed by atoms with van der Waals surface area (Å²) in [6.45, 7) is 2.01. The number of nitrogens with one attached hydrogen (secondary N) is 1. The first-order valence-electron chi connectivity index (χ1n) is 7.13. The predicted molar refractivity (Wildman–Crippen MR) is 85.7 cm³/mol. The topological polar surface area (TPSA) is 38.0 Å². The number of halogens is 1. The fraction of sp³-hybridized carbons (Fsp3) is 0.294. The quantitative estimate of drug-likeness (QED) is 0.673. The van der Waals surface area contributed by atoms with Crippen LogP contribution in [0.15, 0.2) is 47.4 Å². The molecule has 0 fully saturated rings. The highest BCUT2D eigenvalue weighted by atomic mass is 32.2. The number of rotatable bonds is 4. The molecule has 1 aliphatic rings. The summed E-state index contributed by atoms with van der Waals surface area (Å²) in [6.07, 6.45) is 1.75. The van der Waals surface area contributed by atoms with Gasteiger partial charge in [0.1, 0.15) is 5.82 Å². The van der Waals surface area contributed by atoms with Crippen molar-refractivity contribution in [1.29, 1.82) is 0 Å². The van der Waals surface area contributed by atoms with Crippen molar-refractivity contribution >= 4 is 11.8 Å². The standard InChI is InChI=1S/C17H19FN2S/c1-11-6-7-14(18)8-13(11)9-15(20-19)17-10-12-4-2-3-5-16(12)21-17/h2-8,15,17,20H,9-10,19H2,1H3. The summed E-state index contributed by atoms with van der Waals surface area (Å²) in [6, 6.07) is 13.5. The Labute approximate surface area is 128 Å². The van der Waals surface area contributed by atoms with Gasteiger partial charge in [-0.25, -0.2) is 4.39 Å². The van der Waals surface area contributed by atoms with Crippen molar-refractivity contribution in [3.8, 4) is 0 Å². The molecule has 0 saturated heterocycles.